The van der Waals surface area contributed by atoms with Gasteiger partial charge in [0, 0.05) is 10.7 Å². The van der Waals surface area contributed by atoms with E-state index >= 15 is 0 Å². The van der Waals surface area contributed by atoms with E-state index in [4.69, 9.17) is 0 Å². The number of aromatic amines is 1. The summed E-state index contributed by atoms with van der Waals surface area (Å²) in [5, 5.41) is 10.6. The highest BCUT2D eigenvalue weighted by molar-refractivity contribution is 9.10. The molecule has 0 aliphatic heterocycles. The number of rotatable bonds is 3. The lowest BCUT2D eigenvalue weighted by molar-refractivity contribution is 0.430. The first-order valence-electron chi connectivity index (χ1n) is 8.24. The van der Waals surface area contributed by atoms with Crippen LogP contribution in [0.4, 0.5) is 5.69 Å². The van der Waals surface area contributed by atoms with Gasteiger partial charge in [-0.3, -0.25) is 14.8 Å². The van der Waals surface area contributed by atoms with E-state index in [9.17, 15) is 14.7 Å². The number of hydrogen-bond donors (Lipinski definition) is 2. The zero-order valence-corrected chi connectivity index (χ0v) is 16.7. The van der Waals surface area contributed by atoms with Gasteiger partial charge in [-0.1, -0.05) is 28.1 Å². The molecule has 0 aliphatic rings. The molecule has 7 heteroatoms. The monoisotopic (exact) mass is 427 g/mol. The summed E-state index contributed by atoms with van der Waals surface area (Å²) in [5.74, 6) is -0.459. The van der Waals surface area contributed by atoms with Crippen LogP contribution in [0.2, 0.25) is 0 Å². The van der Waals surface area contributed by atoms with Crippen molar-refractivity contribution in [1.29, 1.82) is 0 Å². The first-order valence-corrected chi connectivity index (χ1v) is 9.03. The van der Waals surface area contributed by atoms with Gasteiger partial charge in [0.1, 0.15) is 5.56 Å². The third-order valence-electron chi connectivity index (χ3n) is 4.22. The minimum absolute atomic E-state index is 0.0870. The van der Waals surface area contributed by atoms with Gasteiger partial charge >= 0.3 is 5.69 Å². The SMILES string of the molecule is Cc1ccc(C)c(N=Cc2c(O)n(-c3ccc(Br)c(C)c3)c(=O)[nH]c2=O)c1. The topological polar surface area (TPSA) is 87.4 Å². The molecule has 3 rings (SSSR count). The molecule has 3 aromatic rings. The first-order chi connectivity index (χ1) is 12.8. The molecular weight excluding hydrogens is 410 g/mol. The Hall–Kier alpha value is -2.93. The van der Waals surface area contributed by atoms with E-state index in [1.165, 1.54) is 6.21 Å². The molecule has 0 radical (unpaired) electrons. The zero-order valence-electron chi connectivity index (χ0n) is 15.1. The van der Waals surface area contributed by atoms with Gasteiger partial charge in [-0.05, 0) is 61.7 Å². The van der Waals surface area contributed by atoms with E-state index < -0.39 is 17.1 Å². The lowest BCUT2D eigenvalue weighted by Gasteiger charge is -2.11. The maximum atomic E-state index is 12.3. The molecule has 0 spiro atoms. The average Bonchev–Trinajstić information content (AvgIpc) is 2.60. The summed E-state index contributed by atoms with van der Waals surface area (Å²) in [6.45, 7) is 5.71. The van der Waals surface area contributed by atoms with Crippen molar-refractivity contribution >= 4 is 27.8 Å². The van der Waals surface area contributed by atoms with Crippen LogP contribution in [-0.2, 0) is 0 Å². The molecular formula is C20H18BrN3O3. The highest BCUT2D eigenvalue weighted by Gasteiger charge is 2.15. The number of hydrogen-bond acceptors (Lipinski definition) is 4. The van der Waals surface area contributed by atoms with Crippen molar-refractivity contribution in [3.8, 4) is 11.6 Å². The number of nitrogens with zero attached hydrogens (tertiary/aromatic N) is 2. The minimum Gasteiger partial charge on any atom is -0.493 e. The summed E-state index contributed by atoms with van der Waals surface area (Å²) in [6, 6.07) is 10.9. The molecule has 6 nitrogen and oxygen atoms in total. The van der Waals surface area contributed by atoms with Gasteiger partial charge in [0.2, 0.25) is 5.88 Å². The Bertz CT molecular complexity index is 1180. The largest absolute Gasteiger partial charge is 0.493 e. The number of aliphatic imine (C=N–C) groups is 1. The van der Waals surface area contributed by atoms with Crippen molar-refractivity contribution in [2.24, 2.45) is 4.99 Å². The van der Waals surface area contributed by atoms with Crippen molar-refractivity contribution in [2.45, 2.75) is 20.8 Å². The summed E-state index contributed by atoms with van der Waals surface area (Å²) >= 11 is 3.40. The van der Waals surface area contributed by atoms with Crippen LogP contribution in [0.1, 0.15) is 22.3 Å². The van der Waals surface area contributed by atoms with E-state index in [0.717, 1.165) is 25.7 Å². The van der Waals surface area contributed by atoms with E-state index in [1.54, 1.807) is 18.2 Å². The molecule has 138 valence electrons. The molecule has 0 atom stereocenters. The second-order valence-electron chi connectivity index (χ2n) is 6.31. The third kappa shape index (κ3) is 3.78. The van der Waals surface area contributed by atoms with Crippen LogP contribution in [-0.4, -0.2) is 20.9 Å². The zero-order chi connectivity index (χ0) is 19.7. The molecule has 0 bridgehead atoms. The highest BCUT2D eigenvalue weighted by atomic mass is 79.9. The number of halogens is 1. The summed E-state index contributed by atoms with van der Waals surface area (Å²) in [7, 11) is 0. The summed E-state index contributed by atoms with van der Waals surface area (Å²) in [4.78, 5) is 31.0. The molecule has 0 aliphatic carbocycles. The van der Waals surface area contributed by atoms with E-state index in [0.29, 0.717) is 11.4 Å². The van der Waals surface area contributed by atoms with Crippen molar-refractivity contribution in [1.82, 2.24) is 9.55 Å². The Kier molecular flexibility index (Phi) is 5.14. The van der Waals surface area contributed by atoms with Gasteiger partial charge in [-0.2, -0.15) is 0 Å². The summed E-state index contributed by atoms with van der Waals surface area (Å²) < 4.78 is 1.92. The van der Waals surface area contributed by atoms with Gasteiger partial charge in [0.05, 0.1) is 11.4 Å². The molecule has 0 fully saturated rings. The maximum absolute atomic E-state index is 12.3. The van der Waals surface area contributed by atoms with Crippen molar-refractivity contribution in [2.75, 3.05) is 0 Å². The van der Waals surface area contributed by atoms with Crippen LogP contribution in [0, 0.1) is 20.8 Å². The van der Waals surface area contributed by atoms with Gasteiger partial charge in [-0.25, -0.2) is 9.36 Å². The Morgan fingerprint density at radius 2 is 1.81 bits per heavy atom. The van der Waals surface area contributed by atoms with Crippen LogP contribution in [0.5, 0.6) is 5.88 Å². The molecule has 0 saturated heterocycles. The Labute approximate surface area is 164 Å². The van der Waals surface area contributed by atoms with Crippen LogP contribution < -0.4 is 11.2 Å². The fraction of sp³-hybridized carbons (Fsp3) is 0.150. The standard InChI is InChI=1S/C20H18BrN3O3/c1-11-4-5-12(2)17(8-11)22-10-15-18(25)23-20(27)24(19(15)26)14-6-7-16(21)13(3)9-14/h4-10,26H,1-3H3,(H,23,25,27). The van der Waals surface area contributed by atoms with E-state index in [2.05, 4.69) is 25.9 Å². The van der Waals surface area contributed by atoms with Crippen molar-refractivity contribution in [3.05, 3.63) is 84.0 Å². The molecule has 1 heterocycles. The Balaban J connectivity index is 2.16. The number of benzene rings is 2. The van der Waals surface area contributed by atoms with Crippen LogP contribution in [0.3, 0.4) is 0 Å². The van der Waals surface area contributed by atoms with Gasteiger partial charge in [0.25, 0.3) is 5.56 Å². The molecule has 0 unspecified atom stereocenters. The summed E-state index contributed by atoms with van der Waals surface area (Å²) in [6.07, 6.45) is 1.28. The maximum Gasteiger partial charge on any atom is 0.335 e. The smallest absolute Gasteiger partial charge is 0.335 e. The molecule has 2 aromatic carbocycles. The second kappa shape index (κ2) is 7.36. The van der Waals surface area contributed by atoms with Gasteiger partial charge in [0.15, 0.2) is 0 Å². The van der Waals surface area contributed by atoms with Crippen LogP contribution in [0.25, 0.3) is 5.69 Å². The van der Waals surface area contributed by atoms with E-state index in [1.807, 2.05) is 39.0 Å². The third-order valence-corrected chi connectivity index (χ3v) is 5.11. The Morgan fingerprint density at radius 3 is 2.52 bits per heavy atom. The number of aryl methyl sites for hydroxylation is 3. The predicted molar refractivity (Wildman–Crippen MR) is 110 cm³/mol. The lowest BCUT2D eigenvalue weighted by Crippen LogP contribution is -2.31. The van der Waals surface area contributed by atoms with Crippen LogP contribution >= 0.6 is 15.9 Å². The molecule has 27 heavy (non-hydrogen) atoms. The molecule has 1 aromatic heterocycles. The molecule has 0 amide bonds. The molecule has 0 saturated carbocycles. The normalized spacial score (nSPS) is 11.3. The van der Waals surface area contributed by atoms with Crippen molar-refractivity contribution < 1.29 is 5.11 Å². The fourth-order valence-electron chi connectivity index (χ4n) is 2.66. The highest BCUT2D eigenvalue weighted by Crippen LogP contribution is 2.23. The molecule has 2 N–H and O–H groups in total. The van der Waals surface area contributed by atoms with E-state index in [-0.39, 0.29) is 5.56 Å². The number of H-pyrrole nitrogens is 1. The van der Waals surface area contributed by atoms with Gasteiger partial charge < -0.3 is 5.11 Å². The fourth-order valence-corrected chi connectivity index (χ4v) is 2.90. The number of aromatic nitrogens is 2. The lowest BCUT2D eigenvalue weighted by atomic mass is 10.1. The summed E-state index contributed by atoms with van der Waals surface area (Å²) in [5.41, 5.74) is 2.47. The number of aromatic hydroxyl groups is 1. The van der Waals surface area contributed by atoms with Crippen LogP contribution in [0.15, 0.2) is 55.5 Å². The average molecular weight is 428 g/mol. The number of nitrogens with one attached hydrogen (secondary N) is 1. The minimum atomic E-state index is -0.719. The Morgan fingerprint density at radius 1 is 1.07 bits per heavy atom. The predicted octanol–water partition coefficient (Wildman–Crippen LogP) is 3.67. The van der Waals surface area contributed by atoms with Crippen molar-refractivity contribution in [3.63, 3.8) is 0 Å². The second-order valence-corrected chi connectivity index (χ2v) is 7.17. The first kappa shape index (κ1) is 18.8. The quantitative estimate of drug-likeness (QED) is 0.624. The van der Waals surface area contributed by atoms with Gasteiger partial charge in [-0.15, -0.1) is 0 Å².